The summed E-state index contributed by atoms with van der Waals surface area (Å²) < 4.78 is 0. The van der Waals surface area contributed by atoms with Gasteiger partial charge in [0.25, 0.3) is 11.8 Å². The average Bonchev–Trinajstić information content (AvgIpc) is 3.57. The molecule has 1 atom stereocenters. The minimum atomic E-state index is -0.748. The quantitative estimate of drug-likeness (QED) is 0.561. The minimum Gasteiger partial charge on any atom is -0.394 e. The summed E-state index contributed by atoms with van der Waals surface area (Å²) in [6, 6.07) is 2.81. The summed E-state index contributed by atoms with van der Waals surface area (Å²) in [7, 11) is 1.66. The van der Waals surface area contributed by atoms with Crippen LogP contribution < -0.4 is 5.32 Å². The lowest BCUT2D eigenvalue weighted by Gasteiger charge is -2.33. The second kappa shape index (κ2) is 9.85. The summed E-state index contributed by atoms with van der Waals surface area (Å²) in [6.07, 6.45) is 6.89. The minimum absolute atomic E-state index is 0.0921. The molecule has 0 radical (unpaired) electrons. The number of anilines is 1. The monoisotopic (exact) mass is 499 g/mol. The first-order valence-electron chi connectivity index (χ1n) is 12.5. The molecule has 2 aromatic heterocycles. The van der Waals surface area contributed by atoms with Gasteiger partial charge in [-0.25, -0.2) is 9.97 Å². The smallest absolute Gasteiger partial charge is 0.283 e. The van der Waals surface area contributed by atoms with Crippen molar-refractivity contribution in [2.75, 3.05) is 19.0 Å². The fourth-order valence-corrected chi connectivity index (χ4v) is 5.97. The fourth-order valence-electron chi connectivity index (χ4n) is 4.86. The van der Waals surface area contributed by atoms with Crippen LogP contribution in [0, 0.1) is 6.92 Å². The molecule has 4 heterocycles. The van der Waals surface area contributed by atoms with Crippen LogP contribution in [0.5, 0.6) is 0 Å². The van der Waals surface area contributed by atoms with Gasteiger partial charge in [0.1, 0.15) is 11.5 Å². The maximum atomic E-state index is 13.8. The van der Waals surface area contributed by atoms with E-state index in [1.165, 1.54) is 16.2 Å². The van der Waals surface area contributed by atoms with Crippen LogP contribution in [0.3, 0.4) is 0 Å². The molecule has 35 heavy (non-hydrogen) atoms. The van der Waals surface area contributed by atoms with Crippen molar-refractivity contribution in [1.82, 2.24) is 19.8 Å². The van der Waals surface area contributed by atoms with E-state index >= 15 is 0 Å². The van der Waals surface area contributed by atoms with E-state index in [1.807, 2.05) is 17.9 Å². The van der Waals surface area contributed by atoms with Gasteiger partial charge >= 0.3 is 0 Å². The number of aromatic nitrogens is 2. The van der Waals surface area contributed by atoms with Crippen LogP contribution in [0.4, 0.5) is 5.82 Å². The molecule has 2 aliphatic rings. The SMILES string of the molecule is CC[C@@H](C)Nc1cc(C)c(-c2sc(C(=O)N(C)C(C)(C)CO)nc2C(=O)N2C3CCC2CC3)cn1. The number of aryl methyl sites for hydroxylation is 1. The van der Waals surface area contributed by atoms with Crippen LogP contribution in [0.1, 0.15) is 85.7 Å². The Bertz CT molecular complexity index is 1090. The van der Waals surface area contributed by atoms with E-state index in [2.05, 4.69) is 29.1 Å². The molecule has 2 aliphatic heterocycles. The van der Waals surface area contributed by atoms with Crippen molar-refractivity contribution in [1.29, 1.82) is 0 Å². The largest absolute Gasteiger partial charge is 0.394 e. The van der Waals surface area contributed by atoms with Crippen molar-refractivity contribution in [3.05, 3.63) is 28.5 Å². The molecular weight excluding hydrogens is 462 g/mol. The summed E-state index contributed by atoms with van der Waals surface area (Å²) >= 11 is 1.23. The number of carbonyl (C=O) groups is 2. The topological polar surface area (TPSA) is 98.7 Å². The Balaban J connectivity index is 1.75. The van der Waals surface area contributed by atoms with E-state index in [1.54, 1.807) is 27.1 Å². The normalized spacial score (nSPS) is 20.3. The van der Waals surface area contributed by atoms with Gasteiger partial charge in [-0.05, 0) is 71.4 Å². The second-order valence-corrected chi connectivity index (χ2v) is 11.5. The summed E-state index contributed by atoms with van der Waals surface area (Å²) in [5.41, 5.74) is 1.37. The zero-order valence-corrected chi connectivity index (χ0v) is 22.4. The van der Waals surface area contributed by atoms with Gasteiger partial charge in [0.2, 0.25) is 0 Å². The first kappa shape index (κ1) is 25.6. The third kappa shape index (κ3) is 4.80. The molecule has 2 fully saturated rings. The van der Waals surface area contributed by atoms with Crippen molar-refractivity contribution in [3.63, 3.8) is 0 Å². The molecule has 0 unspecified atom stereocenters. The van der Waals surface area contributed by atoms with Gasteiger partial charge in [-0.15, -0.1) is 11.3 Å². The molecule has 2 bridgehead atoms. The lowest BCUT2D eigenvalue weighted by atomic mass is 10.0. The van der Waals surface area contributed by atoms with Crippen molar-refractivity contribution < 1.29 is 14.7 Å². The lowest BCUT2D eigenvalue weighted by molar-refractivity contribution is 0.0472. The molecule has 0 saturated carbocycles. The molecule has 9 heteroatoms. The highest BCUT2D eigenvalue weighted by Gasteiger charge is 2.44. The van der Waals surface area contributed by atoms with Gasteiger partial charge in [-0.3, -0.25) is 9.59 Å². The maximum absolute atomic E-state index is 13.8. The summed E-state index contributed by atoms with van der Waals surface area (Å²) in [6.45, 7) is 9.64. The number of pyridine rings is 1. The molecule has 2 saturated heterocycles. The van der Waals surface area contributed by atoms with Gasteiger partial charge in [0, 0.05) is 36.9 Å². The van der Waals surface area contributed by atoms with Crippen molar-refractivity contribution in [3.8, 4) is 10.4 Å². The van der Waals surface area contributed by atoms with E-state index < -0.39 is 5.54 Å². The molecule has 2 amide bonds. The van der Waals surface area contributed by atoms with E-state index in [9.17, 15) is 14.7 Å². The zero-order chi connectivity index (χ0) is 25.5. The number of rotatable bonds is 8. The standard InChI is InChI=1S/C26H37N5O3S/c1-7-16(3)28-20-12-15(2)19(13-27-20)22-21(24(33)31-17-8-9-18(31)11-10-17)29-23(35-22)25(34)30(6)26(4,5)14-32/h12-13,16-18,32H,7-11,14H2,1-6H3,(H,27,28)/t16-,17?,18?/m1/s1. The number of carbonyl (C=O) groups excluding carboxylic acids is 2. The Hall–Kier alpha value is -2.52. The highest BCUT2D eigenvalue weighted by atomic mass is 32.1. The fraction of sp³-hybridized carbons (Fsp3) is 0.615. The summed E-state index contributed by atoms with van der Waals surface area (Å²) in [5.74, 6) is 0.390. The Labute approximate surface area is 211 Å². The predicted molar refractivity (Wildman–Crippen MR) is 139 cm³/mol. The van der Waals surface area contributed by atoms with Crippen LogP contribution in [0.15, 0.2) is 12.3 Å². The molecular formula is C26H37N5O3S. The molecule has 0 aromatic carbocycles. The van der Waals surface area contributed by atoms with Gasteiger partial charge in [-0.2, -0.15) is 0 Å². The number of thiazole rings is 1. The van der Waals surface area contributed by atoms with Crippen molar-refractivity contribution in [2.24, 2.45) is 0 Å². The number of hydrogen-bond donors (Lipinski definition) is 2. The lowest BCUT2D eigenvalue weighted by Crippen LogP contribution is -2.47. The molecule has 4 rings (SSSR count). The number of amides is 2. The predicted octanol–water partition coefficient (Wildman–Crippen LogP) is 4.33. The van der Waals surface area contributed by atoms with Crippen LogP contribution >= 0.6 is 11.3 Å². The van der Waals surface area contributed by atoms with Gasteiger partial charge < -0.3 is 20.2 Å². The Kier molecular flexibility index (Phi) is 7.20. The molecule has 0 aliphatic carbocycles. The maximum Gasteiger partial charge on any atom is 0.283 e. The Morgan fingerprint density at radius 2 is 1.91 bits per heavy atom. The number of fused-ring (bicyclic) bond motifs is 2. The van der Waals surface area contributed by atoms with E-state index in [4.69, 9.17) is 0 Å². The van der Waals surface area contributed by atoms with Gasteiger partial charge in [0.05, 0.1) is 17.0 Å². The average molecular weight is 500 g/mol. The summed E-state index contributed by atoms with van der Waals surface area (Å²) in [5, 5.41) is 13.4. The highest BCUT2D eigenvalue weighted by Crippen LogP contribution is 2.41. The van der Waals surface area contributed by atoms with Gasteiger partial charge in [-0.1, -0.05) is 6.92 Å². The van der Waals surface area contributed by atoms with Crippen LogP contribution in [-0.2, 0) is 0 Å². The molecule has 190 valence electrons. The zero-order valence-electron chi connectivity index (χ0n) is 21.6. The van der Waals surface area contributed by atoms with E-state index in [0.717, 1.165) is 49.0 Å². The number of nitrogens with zero attached hydrogens (tertiary/aromatic N) is 4. The number of likely N-dealkylation sites (N-methyl/N-ethyl adjacent to an activating group) is 1. The summed E-state index contributed by atoms with van der Waals surface area (Å²) in [4.78, 5) is 40.5. The highest BCUT2D eigenvalue weighted by molar-refractivity contribution is 7.17. The number of nitrogens with one attached hydrogen (secondary N) is 1. The Morgan fingerprint density at radius 3 is 2.46 bits per heavy atom. The first-order chi connectivity index (χ1) is 16.6. The number of hydrogen-bond acceptors (Lipinski definition) is 7. The number of aliphatic hydroxyl groups is 1. The van der Waals surface area contributed by atoms with Crippen LogP contribution in [-0.4, -0.2) is 74.0 Å². The second-order valence-electron chi connectivity index (χ2n) is 10.5. The van der Waals surface area contributed by atoms with Crippen molar-refractivity contribution in [2.45, 2.75) is 90.4 Å². The Morgan fingerprint density at radius 1 is 1.29 bits per heavy atom. The van der Waals surface area contributed by atoms with Gasteiger partial charge in [0.15, 0.2) is 5.01 Å². The first-order valence-corrected chi connectivity index (χ1v) is 13.3. The third-order valence-electron chi connectivity index (χ3n) is 7.66. The van der Waals surface area contributed by atoms with Crippen LogP contribution in [0.25, 0.3) is 10.4 Å². The molecule has 8 nitrogen and oxygen atoms in total. The molecule has 2 aromatic rings. The molecule has 2 N–H and O–H groups in total. The third-order valence-corrected chi connectivity index (χ3v) is 8.74. The van der Waals surface area contributed by atoms with E-state index in [-0.39, 0.29) is 35.5 Å². The number of aliphatic hydroxyl groups excluding tert-OH is 1. The van der Waals surface area contributed by atoms with E-state index in [0.29, 0.717) is 16.6 Å². The molecule has 0 spiro atoms. The van der Waals surface area contributed by atoms with Crippen LogP contribution in [0.2, 0.25) is 0 Å². The van der Waals surface area contributed by atoms with Crippen molar-refractivity contribution >= 4 is 29.0 Å².